The molecule has 1 heterocycles. The highest BCUT2D eigenvalue weighted by molar-refractivity contribution is 5.88. The summed E-state index contributed by atoms with van der Waals surface area (Å²) in [5.41, 5.74) is 2.89. The predicted octanol–water partition coefficient (Wildman–Crippen LogP) is 3.44. The third-order valence-corrected chi connectivity index (χ3v) is 3.67. The summed E-state index contributed by atoms with van der Waals surface area (Å²) < 4.78 is 10.8. The van der Waals surface area contributed by atoms with Crippen molar-refractivity contribution < 1.29 is 19.1 Å². The molecule has 1 aliphatic rings. The number of aryl methyl sites for hydroxylation is 2. The maximum Gasteiger partial charge on any atom is 0.339 e. The number of carbonyl (C=O) groups is 1. The Morgan fingerprint density at radius 1 is 1.20 bits per heavy atom. The Hall–Kier alpha value is -2.23. The van der Waals surface area contributed by atoms with Gasteiger partial charge in [-0.15, -0.1) is 0 Å². The largest absolute Gasteiger partial charge is 0.486 e. The average Bonchev–Trinajstić information content (AvgIpc) is 2.93. The summed E-state index contributed by atoms with van der Waals surface area (Å²) in [5, 5.41) is 8.99. The first-order valence-electron chi connectivity index (χ1n) is 6.78. The molecule has 0 saturated carbocycles. The lowest BCUT2D eigenvalue weighted by molar-refractivity contribution is 0.0692. The molecule has 0 atom stereocenters. The van der Waals surface area contributed by atoms with Gasteiger partial charge in [-0.1, -0.05) is 6.07 Å². The molecule has 1 aromatic heterocycles. The SMILES string of the molecule is O=C(O)c1ccoc1COc1ccc2c(c1)CCCC2. The number of furan rings is 1. The van der Waals surface area contributed by atoms with Crippen molar-refractivity contribution in [1.82, 2.24) is 0 Å². The maximum absolute atomic E-state index is 11.0. The zero-order valence-electron chi connectivity index (χ0n) is 11.1. The third kappa shape index (κ3) is 2.54. The van der Waals surface area contributed by atoms with Crippen molar-refractivity contribution in [3.8, 4) is 5.75 Å². The van der Waals surface area contributed by atoms with Crippen LogP contribution in [0.15, 0.2) is 34.9 Å². The standard InChI is InChI=1S/C16H16O4/c17-16(18)14-7-8-19-15(14)10-20-13-6-5-11-3-1-2-4-12(11)9-13/h5-9H,1-4,10H2,(H,17,18). The highest BCUT2D eigenvalue weighted by Gasteiger charge is 2.14. The number of ether oxygens (including phenoxy) is 1. The lowest BCUT2D eigenvalue weighted by atomic mass is 9.92. The van der Waals surface area contributed by atoms with Crippen LogP contribution in [-0.4, -0.2) is 11.1 Å². The van der Waals surface area contributed by atoms with Crippen LogP contribution in [0.2, 0.25) is 0 Å². The molecule has 0 radical (unpaired) electrons. The number of hydrogen-bond acceptors (Lipinski definition) is 3. The van der Waals surface area contributed by atoms with E-state index in [1.54, 1.807) is 0 Å². The molecule has 20 heavy (non-hydrogen) atoms. The average molecular weight is 272 g/mol. The molecule has 0 fully saturated rings. The molecule has 0 saturated heterocycles. The zero-order valence-corrected chi connectivity index (χ0v) is 11.1. The summed E-state index contributed by atoms with van der Waals surface area (Å²) in [5.74, 6) is 0.108. The summed E-state index contributed by atoms with van der Waals surface area (Å²) in [7, 11) is 0. The van der Waals surface area contributed by atoms with Crippen LogP contribution in [0, 0.1) is 0 Å². The summed E-state index contributed by atoms with van der Waals surface area (Å²) in [6, 6.07) is 7.53. The Morgan fingerprint density at radius 2 is 2.00 bits per heavy atom. The molecule has 1 aliphatic carbocycles. The van der Waals surface area contributed by atoms with Crippen LogP contribution in [0.5, 0.6) is 5.75 Å². The molecular weight excluding hydrogens is 256 g/mol. The van der Waals surface area contributed by atoms with Crippen molar-refractivity contribution in [3.05, 3.63) is 53.0 Å². The van der Waals surface area contributed by atoms with Gasteiger partial charge in [-0.05, 0) is 55.0 Å². The van der Waals surface area contributed by atoms with Crippen LogP contribution >= 0.6 is 0 Å². The number of benzene rings is 1. The van der Waals surface area contributed by atoms with Crippen LogP contribution in [0.1, 0.15) is 40.1 Å². The van der Waals surface area contributed by atoms with Gasteiger partial charge in [-0.2, -0.15) is 0 Å². The maximum atomic E-state index is 11.0. The summed E-state index contributed by atoms with van der Waals surface area (Å²) in [4.78, 5) is 11.0. The molecule has 0 amide bonds. The van der Waals surface area contributed by atoms with E-state index in [-0.39, 0.29) is 12.2 Å². The van der Waals surface area contributed by atoms with Gasteiger partial charge in [0.05, 0.1) is 6.26 Å². The predicted molar refractivity (Wildman–Crippen MR) is 73.1 cm³/mol. The number of hydrogen-bond donors (Lipinski definition) is 1. The third-order valence-electron chi connectivity index (χ3n) is 3.67. The Kier molecular flexibility index (Phi) is 3.46. The van der Waals surface area contributed by atoms with Crippen LogP contribution in [0.4, 0.5) is 0 Å². The Morgan fingerprint density at radius 3 is 2.80 bits per heavy atom. The molecule has 4 nitrogen and oxygen atoms in total. The first kappa shape index (κ1) is 12.8. The van der Waals surface area contributed by atoms with E-state index in [4.69, 9.17) is 14.3 Å². The van der Waals surface area contributed by atoms with Crippen LogP contribution in [0.25, 0.3) is 0 Å². The van der Waals surface area contributed by atoms with Crippen molar-refractivity contribution >= 4 is 5.97 Å². The molecular formula is C16H16O4. The van der Waals surface area contributed by atoms with Gasteiger partial charge in [0.25, 0.3) is 0 Å². The quantitative estimate of drug-likeness (QED) is 0.926. The molecule has 104 valence electrons. The summed E-state index contributed by atoms with van der Waals surface area (Å²) in [6.07, 6.45) is 6.07. The van der Waals surface area contributed by atoms with Gasteiger partial charge in [0, 0.05) is 0 Å². The highest BCUT2D eigenvalue weighted by atomic mass is 16.5. The molecule has 0 bridgehead atoms. The van der Waals surface area contributed by atoms with Crippen LogP contribution < -0.4 is 4.74 Å². The van der Waals surface area contributed by atoms with E-state index in [2.05, 4.69) is 12.1 Å². The lowest BCUT2D eigenvalue weighted by Crippen LogP contribution is -2.05. The minimum atomic E-state index is -0.997. The summed E-state index contributed by atoms with van der Waals surface area (Å²) >= 11 is 0. The Labute approximate surface area is 117 Å². The molecule has 3 rings (SSSR count). The minimum Gasteiger partial charge on any atom is -0.486 e. The fraction of sp³-hybridized carbons (Fsp3) is 0.312. The Balaban J connectivity index is 1.72. The number of aromatic carboxylic acids is 1. The first-order valence-corrected chi connectivity index (χ1v) is 6.78. The van der Waals surface area contributed by atoms with E-state index in [0.717, 1.165) is 18.6 Å². The number of carboxylic acids is 1. The minimum absolute atomic E-state index is 0.132. The molecule has 0 unspecified atom stereocenters. The van der Waals surface area contributed by atoms with Gasteiger partial charge in [0.15, 0.2) is 5.76 Å². The van der Waals surface area contributed by atoms with Gasteiger partial charge in [-0.25, -0.2) is 4.79 Å². The van der Waals surface area contributed by atoms with E-state index >= 15 is 0 Å². The topological polar surface area (TPSA) is 59.7 Å². The number of rotatable bonds is 4. The van der Waals surface area contributed by atoms with Crippen LogP contribution in [0.3, 0.4) is 0 Å². The van der Waals surface area contributed by atoms with Gasteiger partial charge in [0.1, 0.15) is 17.9 Å². The highest BCUT2D eigenvalue weighted by Crippen LogP contribution is 2.26. The fourth-order valence-electron chi connectivity index (χ4n) is 2.59. The second-order valence-corrected chi connectivity index (χ2v) is 4.99. The van der Waals surface area contributed by atoms with Crippen molar-refractivity contribution in [2.45, 2.75) is 32.3 Å². The summed E-state index contributed by atoms with van der Waals surface area (Å²) in [6.45, 7) is 0.132. The van der Waals surface area contributed by atoms with Gasteiger partial charge in [-0.3, -0.25) is 0 Å². The molecule has 2 aromatic rings. The Bertz CT molecular complexity index is 627. The molecule has 4 heteroatoms. The second-order valence-electron chi connectivity index (χ2n) is 4.99. The van der Waals surface area contributed by atoms with Crippen LogP contribution in [-0.2, 0) is 19.4 Å². The lowest BCUT2D eigenvalue weighted by Gasteiger charge is -2.16. The number of fused-ring (bicyclic) bond motifs is 1. The molecule has 1 N–H and O–H groups in total. The molecule has 0 spiro atoms. The van der Waals surface area contributed by atoms with E-state index in [9.17, 15) is 4.79 Å². The smallest absolute Gasteiger partial charge is 0.339 e. The van der Waals surface area contributed by atoms with Crippen molar-refractivity contribution in [3.63, 3.8) is 0 Å². The molecule has 0 aliphatic heterocycles. The van der Waals surface area contributed by atoms with Gasteiger partial charge >= 0.3 is 5.97 Å². The van der Waals surface area contributed by atoms with E-state index in [1.165, 1.54) is 36.3 Å². The monoisotopic (exact) mass is 272 g/mol. The van der Waals surface area contributed by atoms with Crippen molar-refractivity contribution in [2.75, 3.05) is 0 Å². The van der Waals surface area contributed by atoms with Gasteiger partial charge in [0.2, 0.25) is 0 Å². The normalized spacial score (nSPS) is 13.8. The van der Waals surface area contributed by atoms with E-state index < -0.39 is 5.97 Å². The van der Waals surface area contributed by atoms with Crippen molar-refractivity contribution in [1.29, 1.82) is 0 Å². The first-order chi connectivity index (χ1) is 9.74. The second kappa shape index (κ2) is 5.41. The van der Waals surface area contributed by atoms with Crippen molar-refractivity contribution in [2.24, 2.45) is 0 Å². The fourth-order valence-corrected chi connectivity index (χ4v) is 2.59. The zero-order chi connectivity index (χ0) is 13.9. The van der Waals surface area contributed by atoms with E-state index in [0.29, 0.717) is 5.76 Å². The molecule has 1 aromatic carbocycles. The van der Waals surface area contributed by atoms with Gasteiger partial charge < -0.3 is 14.3 Å². The van der Waals surface area contributed by atoms with E-state index in [1.807, 2.05) is 6.07 Å². The number of carboxylic acid groups (broad SMARTS) is 1.